The Balaban J connectivity index is 1.15. The highest BCUT2D eigenvalue weighted by Crippen LogP contribution is 2.78. The molecule has 8 unspecified atom stereocenters. The summed E-state index contributed by atoms with van der Waals surface area (Å²) in [5, 5.41) is 27.1. The highest BCUT2D eigenvalue weighted by Gasteiger charge is 2.74. The molecule has 0 radical (unpaired) electrons. The molecule has 3 N–H and O–H groups in total. The zero-order valence-electron chi connectivity index (χ0n) is 33.1. The lowest BCUT2D eigenvalue weighted by molar-refractivity contribution is -0.274. The molecule has 6 aliphatic carbocycles. The van der Waals surface area contributed by atoms with Crippen molar-refractivity contribution in [2.75, 3.05) is 6.54 Å². The number of hydrogen-bond acceptors (Lipinski definition) is 5. The first-order chi connectivity index (χ1) is 26.9. The third-order valence-electron chi connectivity index (χ3n) is 14.9. The number of nitrogens with one attached hydrogen (secondary N) is 1. The number of aliphatic hydroxyl groups is 2. The Morgan fingerprint density at radius 1 is 0.860 bits per heavy atom. The van der Waals surface area contributed by atoms with Gasteiger partial charge in [-0.05, 0) is 105 Å². The third kappa shape index (κ3) is 6.42. The van der Waals surface area contributed by atoms with E-state index in [1.165, 1.54) is 24.3 Å². The highest BCUT2D eigenvalue weighted by molar-refractivity contribution is 6.10. The second kappa shape index (κ2) is 13.9. The van der Waals surface area contributed by atoms with Crippen LogP contribution in [0, 0.1) is 33.5 Å². The quantitative estimate of drug-likeness (QED) is 0.148. The van der Waals surface area contributed by atoms with Crippen LogP contribution in [0.4, 0.5) is 18.0 Å². The molecule has 6 aliphatic rings. The highest BCUT2D eigenvalue weighted by atomic mass is 19.4. The molecule has 2 amide bonds. The molecule has 10 heteroatoms. The molecule has 302 valence electrons. The Labute approximate surface area is 333 Å². The van der Waals surface area contributed by atoms with Gasteiger partial charge in [0.15, 0.2) is 5.78 Å². The minimum atomic E-state index is -4.82. The number of hydrogen-bond donors (Lipinski definition) is 3. The van der Waals surface area contributed by atoms with Crippen LogP contribution in [-0.4, -0.2) is 57.6 Å². The molecule has 2 spiro atoms. The van der Waals surface area contributed by atoms with E-state index in [-0.39, 0.29) is 53.9 Å². The van der Waals surface area contributed by atoms with E-state index >= 15 is 4.79 Å². The standard InChI is InChI=1S/C47H53F3N2O5/c1-30(2)51-41(55)52(28-31-10-16-36(17-11-31)57-47(48,49)50)29-45(56)23-20-39-43(45,4)22-19-38-42(3)21-18-35(53)26-44(42)24-25-46(38,39)37(27-44)40(54)34-14-12-33(13-15-34)32-8-6-5-7-9-32/h5-17,24-25,27,30,35,38-39,53,56H,18-23,26,28-29H2,1-4H3,(H,51,55). The first-order valence-electron chi connectivity index (χ1n) is 20.4. The molecule has 57 heavy (non-hydrogen) atoms. The molecule has 3 aromatic rings. The molecular weight excluding hydrogens is 730 g/mol. The van der Waals surface area contributed by atoms with Crippen LogP contribution in [0.25, 0.3) is 11.1 Å². The van der Waals surface area contributed by atoms with Crippen molar-refractivity contribution in [3.8, 4) is 16.9 Å². The molecule has 3 aromatic carbocycles. The van der Waals surface area contributed by atoms with Gasteiger partial charge in [0.25, 0.3) is 0 Å². The number of benzene rings is 3. The van der Waals surface area contributed by atoms with Gasteiger partial charge >= 0.3 is 12.4 Å². The van der Waals surface area contributed by atoms with Gasteiger partial charge in [-0.3, -0.25) is 4.79 Å². The minimum Gasteiger partial charge on any atom is -0.406 e. The number of carbonyl (C=O) groups excluding carboxylic acids is 2. The molecule has 0 aliphatic heterocycles. The van der Waals surface area contributed by atoms with E-state index in [1.54, 1.807) is 4.90 Å². The number of halogens is 3. The van der Waals surface area contributed by atoms with Crippen LogP contribution in [0.15, 0.2) is 103 Å². The van der Waals surface area contributed by atoms with E-state index in [1.807, 2.05) is 68.4 Å². The van der Waals surface area contributed by atoms with Crippen molar-refractivity contribution in [1.82, 2.24) is 10.2 Å². The monoisotopic (exact) mass is 782 g/mol. The summed E-state index contributed by atoms with van der Waals surface area (Å²) in [6, 6.07) is 22.8. The number of amides is 2. The molecule has 2 bridgehead atoms. The number of urea groups is 1. The van der Waals surface area contributed by atoms with Crippen molar-refractivity contribution in [2.24, 2.45) is 33.5 Å². The Kier molecular flexibility index (Phi) is 9.59. The van der Waals surface area contributed by atoms with Crippen molar-refractivity contribution in [1.29, 1.82) is 0 Å². The van der Waals surface area contributed by atoms with E-state index < -0.39 is 34.3 Å². The SMILES string of the molecule is CC(C)NC(=O)N(Cc1ccc(OC(F)(F)F)cc1)CC1(O)CCC2C34C=CC5(C=C3C(=O)c3ccc(-c6ccccc6)cc3)CC(O)CCC5(C)C4CCC21C. The lowest BCUT2D eigenvalue weighted by Gasteiger charge is -2.71. The van der Waals surface area contributed by atoms with E-state index in [2.05, 4.69) is 42.1 Å². The number of carbonyl (C=O) groups is 2. The maximum absolute atomic E-state index is 15.1. The van der Waals surface area contributed by atoms with Crippen LogP contribution in [0.2, 0.25) is 0 Å². The Morgan fingerprint density at radius 3 is 2.16 bits per heavy atom. The van der Waals surface area contributed by atoms with Gasteiger partial charge in [-0.15, -0.1) is 13.2 Å². The summed E-state index contributed by atoms with van der Waals surface area (Å²) in [6.45, 7) is 8.25. The Morgan fingerprint density at radius 2 is 1.49 bits per heavy atom. The van der Waals surface area contributed by atoms with E-state index in [9.17, 15) is 28.2 Å². The summed E-state index contributed by atoms with van der Waals surface area (Å²) in [5.41, 5.74) is 0.657. The van der Waals surface area contributed by atoms with Crippen LogP contribution >= 0.6 is 0 Å². The molecular formula is C47H53F3N2O5. The summed E-state index contributed by atoms with van der Waals surface area (Å²) in [4.78, 5) is 30.5. The Bertz CT molecular complexity index is 2080. The number of fused-ring (bicyclic) bond motifs is 1. The minimum absolute atomic E-state index is 0.00512. The van der Waals surface area contributed by atoms with Crippen molar-refractivity contribution in [3.05, 3.63) is 114 Å². The molecule has 0 aromatic heterocycles. The summed E-state index contributed by atoms with van der Waals surface area (Å²) in [7, 11) is 0. The summed E-state index contributed by atoms with van der Waals surface area (Å²) >= 11 is 0. The number of alkyl halides is 3. The predicted molar refractivity (Wildman–Crippen MR) is 212 cm³/mol. The van der Waals surface area contributed by atoms with Crippen molar-refractivity contribution in [2.45, 2.75) is 103 Å². The first-order valence-corrected chi connectivity index (χ1v) is 20.4. The predicted octanol–water partition coefficient (Wildman–Crippen LogP) is 9.65. The third-order valence-corrected chi connectivity index (χ3v) is 14.9. The average Bonchev–Trinajstić information content (AvgIpc) is 3.44. The number of aliphatic hydroxyl groups excluding tert-OH is 1. The number of ether oxygens (including phenoxy) is 1. The van der Waals surface area contributed by atoms with Crippen molar-refractivity contribution >= 4 is 11.8 Å². The van der Waals surface area contributed by atoms with Gasteiger partial charge in [-0.1, -0.05) is 98.8 Å². The maximum Gasteiger partial charge on any atom is 0.573 e. The Hall–Kier alpha value is -4.41. The normalized spacial score (nSPS) is 33.9. The van der Waals surface area contributed by atoms with E-state index in [0.29, 0.717) is 43.2 Å². The lowest BCUT2D eigenvalue weighted by atomic mass is 9.32. The van der Waals surface area contributed by atoms with Crippen LogP contribution in [0.3, 0.4) is 0 Å². The number of ketones is 1. The van der Waals surface area contributed by atoms with E-state index in [0.717, 1.165) is 29.5 Å². The number of allylic oxidation sites excluding steroid dienone is 4. The van der Waals surface area contributed by atoms with Gasteiger partial charge < -0.3 is 25.2 Å². The molecule has 9 rings (SSSR count). The van der Waals surface area contributed by atoms with Crippen LogP contribution < -0.4 is 10.1 Å². The molecule has 7 nitrogen and oxygen atoms in total. The number of nitrogens with zero attached hydrogens (tertiary/aromatic N) is 1. The first kappa shape index (κ1) is 39.4. The van der Waals surface area contributed by atoms with E-state index in [4.69, 9.17) is 0 Å². The van der Waals surface area contributed by atoms with Crippen LogP contribution in [0.1, 0.15) is 88.6 Å². The molecule has 0 saturated heterocycles. The smallest absolute Gasteiger partial charge is 0.406 e. The average molecular weight is 783 g/mol. The lowest BCUT2D eigenvalue weighted by Crippen LogP contribution is -2.67. The summed E-state index contributed by atoms with van der Waals surface area (Å²) in [5.74, 6) is -0.400. The fraction of sp³-hybridized carbons (Fsp3) is 0.489. The zero-order valence-corrected chi connectivity index (χ0v) is 33.1. The number of rotatable bonds is 9. The number of Topliss-reactive ketones (excluding diaryl/α,β-unsaturated/α-hetero) is 1. The largest absolute Gasteiger partial charge is 0.573 e. The van der Waals surface area contributed by atoms with Crippen molar-refractivity contribution in [3.63, 3.8) is 0 Å². The van der Waals surface area contributed by atoms with Gasteiger partial charge in [-0.25, -0.2) is 4.79 Å². The van der Waals surface area contributed by atoms with Gasteiger partial charge in [-0.2, -0.15) is 0 Å². The molecule has 0 heterocycles. The second-order valence-electron chi connectivity index (χ2n) is 18.2. The van der Waals surface area contributed by atoms with Gasteiger partial charge in [0.1, 0.15) is 5.75 Å². The maximum atomic E-state index is 15.1. The molecule has 8 atom stereocenters. The summed E-state index contributed by atoms with van der Waals surface area (Å²) < 4.78 is 42.7. The van der Waals surface area contributed by atoms with Crippen LogP contribution in [-0.2, 0) is 6.54 Å². The molecule has 3 saturated carbocycles. The topological polar surface area (TPSA) is 99.1 Å². The fourth-order valence-electron chi connectivity index (χ4n) is 12.1. The van der Waals surface area contributed by atoms with Crippen molar-refractivity contribution < 1.29 is 37.7 Å². The zero-order chi connectivity index (χ0) is 40.6. The van der Waals surface area contributed by atoms with Gasteiger partial charge in [0, 0.05) is 40.0 Å². The summed E-state index contributed by atoms with van der Waals surface area (Å²) in [6.07, 6.45) is 6.08. The molecule has 3 fully saturated rings. The van der Waals surface area contributed by atoms with Crippen LogP contribution in [0.5, 0.6) is 5.75 Å². The van der Waals surface area contributed by atoms with Gasteiger partial charge in [0.2, 0.25) is 0 Å². The second-order valence-corrected chi connectivity index (χ2v) is 18.2. The fourth-order valence-corrected chi connectivity index (χ4v) is 12.1. The van der Waals surface area contributed by atoms with Gasteiger partial charge in [0.05, 0.1) is 18.2 Å².